The van der Waals surface area contributed by atoms with Gasteiger partial charge in [0.2, 0.25) is 0 Å². The van der Waals surface area contributed by atoms with Crippen molar-refractivity contribution in [3.05, 3.63) is 23.3 Å². The molecule has 2 amide bonds. The third-order valence-electron chi connectivity index (χ3n) is 2.39. The number of aromatic nitrogens is 2. The molecule has 17 heavy (non-hydrogen) atoms. The molecule has 1 aliphatic heterocycles. The summed E-state index contributed by atoms with van der Waals surface area (Å²) in [5.74, 6) is -2.00. The Labute approximate surface area is 96.1 Å². The number of carboxylic acids is 1. The van der Waals surface area contributed by atoms with Crippen LogP contribution in [-0.2, 0) is 11.2 Å². The molecule has 88 valence electrons. The second kappa shape index (κ2) is 3.93. The zero-order chi connectivity index (χ0) is 12.6. The lowest BCUT2D eigenvalue weighted by Gasteiger charge is -2.08. The van der Waals surface area contributed by atoms with Crippen LogP contribution in [0.2, 0.25) is 0 Å². The highest BCUT2D eigenvalue weighted by Gasteiger charge is 2.36. The van der Waals surface area contributed by atoms with Gasteiger partial charge in [-0.3, -0.25) is 19.3 Å². The fraction of sp³-hybridized carbons (Fsp3) is 0.300. The van der Waals surface area contributed by atoms with Gasteiger partial charge in [0.15, 0.2) is 0 Å². The van der Waals surface area contributed by atoms with Crippen LogP contribution >= 0.6 is 0 Å². The monoisotopic (exact) mass is 235 g/mol. The predicted molar refractivity (Wildman–Crippen MR) is 54.4 cm³/mol. The Balaban J connectivity index is 2.42. The second-order valence-electron chi connectivity index (χ2n) is 3.47. The molecule has 0 saturated heterocycles. The minimum atomic E-state index is -1.09. The van der Waals surface area contributed by atoms with Gasteiger partial charge in [0.25, 0.3) is 11.8 Å². The molecular formula is C10H9N3O4. The lowest BCUT2D eigenvalue weighted by Crippen LogP contribution is -2.29. The Morgan fingerprint density at radius 1 is 1.41 bits per heavy atom. The van der Waals surface area contributed by atoms with E-state index >= 15 is 0 Å². The standard InChI is InChI=1S/C10H9N3O4/c1-2-13-9(16)5-4-11-6(3-7(14)15)12-8(5)10(13)17/h4H,2-3H2,1H3,(H,14,15). The van der Waals surface area contributed by atoms with Crippen LogP contribution in [-0.4, -0.2) is 44.3 Å². The first kappa shape index (κ1) is 11.2. The number of rotatable bonds is 3. The molecule has 1 aromatic heterocycles. The first-order chi connectivity index (χ1) is 8.04. The van der Waals surface area contributed by atoms with E-state index in [9.17, 15) is 14.4 Å². The van der Waals surface area contributed by atoms with Gasteiger partial charge in [0, 0.05) is 12.7 Å². The quantitative estimate of drug-likeness (QED) is 0.723. The average Bonchev–Trinajstić information content (AvgIpc) is 2.50. The molecule has 0 unspecified atom stereocenters. The van der Waals surface area contributed by atoms with Crippen molar-refractivity contribution in [1.29, 1.82) is 0 Å². The Hall–Kier alpha value is -2.31. The minimum absolute atomic E-state index is 0.0110. The third-order valence-corrected chi connectivity index (χ3v) is 2.39. The van der Waals surface area contributed by atoms with E-state index in [1.165, 1.54) is 6.20 Å². The number of carbonyl (C=O) groups excluding carboxylic acids is 2. The van der Waals surface area contributed by atoms with E-state index in [1.807, 2.05) is 0 Å². The van der Waals surface area contributed by atoms with E-state index in [2.05, 4.69) is 9.97 Å². The fourth-order valence-electron chi connectivity index (χ4n) is 1.61. The molecule has 1 N–H and O–H groups in total. The summed E-state index contributed by atoms with van der Waals surface area (Å²) in [5, 5.41) is 8.59. The minimum Gasteiger partial charge on any atom is -0.481 e. The Bertz CT molecular complexity index is 526. The lowest BCUT2D eigenvalue weighted by atomic mass is 10.2. The first-order valence-electron chi connectivity index (χ1n) is 4.98. The van der Waals surface area contributed by atoms with E-state index in [-0.39, 0.29) is 30.0 Å². The molecule has 2 rings (SSSR count). The summed E-state index contributed by atoms with van der Waals surface area (Å²) in [6.07, 6.45) is 0.831. The molecule has 1 aromatic rings. The summed E-state index contributed by atoms with van der Waals surface area (Å²) in [7, 11) is 0. The maximum absolute atomic E-state index is 11.7. The molecule has 0 spiro atoms. The summed E-state index contributed by atoms with van der Waals surface area (Å²) < 4.78 is 0. The molecule has 0 radical (unpaired) electrons. The molecule has 0 bridgehead atoms. The largest absolute Gasteiger partial charge is 0.481 e. The Morgan fingerprint density at radius 2 is 2.12 bits per heavy atom. The number of amides is 2. The highest BCUT2D eigenvalue weighted by Crippen LogP contribution is 2.19. The SMILES string of the molecule is CCN1C(=O)c2cnc(CC(=O)O)nc2C1=O. The van der Waals surface area contributed by atoms with Gasteiger partial charge in [0.05, 0.1) is 5.56 Å². The summed E-state index contributed by atoms with van der Waals surface area (Å²) in [6.45, 7) is 1.93. The van der Waals surface area contributed by atoms with E-state index in [1.54, 1.807) is 6.92 Å². The van der Waals surface area contributed by atoms with Crippen LogP contribution in [0.4, 0.5) is 0 Å². The third kappa shape index (κ3) is 1.75. The van der Waals surface area contributed by atoms with Crippen molar-refractivity contribution in [3.63, 3.8) is 0 Å². The smallest absolute Gasteiger partial charge is 0.311 e. The number of carbonyl (C=O) groups is 3. The van der Waals surface area contributed by atoms with Crippen LogP contribution in [0.5, 0.6) is 0 Å². The Morgan fingerprint density at radius 3 is 2.71 bits per heavy atom. The number of aliphatic carboxylic acids is 1. The van der Waals surface area contributed by atoms with Gasteiger partial charge in [-0.25, -0.2) is 9.97 Å². The first-order valence-corrected chi connectivity index (χ1v) is 4.98. The zero-order valence-electron chi connectivity index (χ0n) is 9.01. The summed E-state index contributed by atoms with van der Waals surface area (Å²) >= 11 is 0. The van der Waals surface area contributed by atoms with E-state index in [0.29, 0.717) is 0 Å². The molecule has 7 heteroatoms. The van der Waals surface area contributed by atoms with Crippen LogP contribution < -0.4 is 0 Å². The maximum Gasteiger partial charge on any atom is 0.311 e. The van der Waals surface area contributed by atoms with Crippen LogP contribution in [0.15, 0.2) is 6.20 Å². The normalized spacial score (nSPS) is 14.1. The number of imide groups is 1. The Kier molecular flexibility index (Phi) is 2.58. The highest BCUT2D eigenvalue weighted by atomic mass is 16.4. The molecule has 0 aromatic carbocycles. The molecule has 0 atom stereocenters. The number of hydrogen-bond donors (Lipinski definition) is 1. The van der Waals surface area contributed by atoms with Crippen molar-refractivity contribution in [2.75, 3.05) is 6.54 Å². The van der Waals surface area contributed by atoms with Gasteiger partial charge < -0.3 is 5.11 Å². The topological polar surface area (TPSA) is 100 Å². The lowest BCUT2D eigenvalue weighted by molar-refractivity contribution is -0.136. The number of hydrogen-bond acceptors (Lipinski definition) is 5. The molecule has 0 saturated carbocycles. The summed E-state index contributed by atoms with van der Waals surface area (Å²) in [5.41, 5.74) is 0.120. The van der Waals surface area contributed by atoms with Crippen molar-refractivity contribution in [2.45, 2.75) is 13.3 Å². The summed E-state index contributed by atoms with van der Waals surface area (Å²) in [6, 6.07) is 0. The number of fused-ring (bicyclic) bond motifs is 1. The second-order valence-corrected chi connectivity index (χ2v) is 3.47. The van der Waals surface area contributed by atoms with Gasteiger partial charge in [-0.2, -0.15) is 0 Å². The van der Waals surface area contributed by atoms with Crippen LogP contribution in [0.25, 0.3) is 0 Å². The van der Waals surface area contributed by atoms with Crippen LogP contribution in [0, 0.1) is 0 Å². The maximum atomic E-state index is 11.7. The van der Waals surface area contributed by atoms with Crippen molar-refractivity contribution in [2.24, 2.45) is 0 Å². The molecule has 7 nitrogen and oxygen atoms in total. The van der Waals surface area contributed by atoms with Crippen molar-refractivity contribution in [1.82, 2.24) is 14.9 Å². The van der Waals surface area contributed by atoms with Crippen molar-refractivity contribution >= 4 is 17.8 Å². The molecular weight excluding hydrogens is 226 g/mol. The van der Waals surface area contributed by atoms with Crippen LogP contribution in [0.3, 0.4) is 0 Å². The summed E-state index contributed by atoms with van der Waals surface area (Å²) in [4.78, 5) is 42.5. The molecule has 0 fully saturated rings. The number of nitrogens with zero attached hydrogens (tertiary/aromatic N) is 3. The van der Waals surface area contributed by atoms with Gasteiger partial charge in [-0.1, -0.05) is 0 Å². The van der Waals surface area contributed by atoms with E-state index < -0.39 is 17.8 Å². The van der Waals surface area contributed by atoms with E-state index in [0.717, 1.165) is 4.90 Å². The zero-order valence-corrected chi connectivity index (χ0v) is 9.01. The van der Waals surface area contributed by atoms with Gasteiger partial charge >= 0.3 is 5.97 Å². The predicted octanol–water partition coefficient (Wildman–Crippen LogP) is -0.280. The molecule has 2 heterocycles. The van der Waals surface area contributed by atoms with Gasteiger partial charge in [-0.15, -0.1) is 0 Å². The van der Waals surface area contributed by atoms with Crippen LogP contribution in [0.1, 0.15) is 33.6 Å². The van der Waals surface area contributed by atoms with Gasteiger partial charge in [-0.05, 0) is 6.92 Å². The molecule has 0 aliphatic carbocycles. The number of carboxylic acid groups (broad SMARTS) is 1. The average molecular weight is 235 g/mol. The highest BCUT2D eigenvalue weighted by molar-refractivity contribution is 6.20. The van der Waals surface area contributed by atoms with Crippen molar-refractivity contribution in [3.8, 4) is 0 Å². The fourth-order valence-corrected chi connectivity index (χ4v) is 1.61. The van der Waals surface area contributed by atoms with Crippen molar-refractivity contribution < 1.29 is 19.5 Å². The molecule has 1 aliphatic rings. The van der Waals surface area contributed by atoms with Gasteiger partial charge in [0.1, 0.15) is 17.9 Å². The van der Waals surface area contributed by atoms with E-state index in [4.69, 9.17) is 5.11 Å².